The average Bonchev–Trinajstić information content (AvgIpc) is 2.87. The predicted molar refractivity (Wildman–Crippen MR) is 64.4 cm³/mol. The molecule has 19 heteroatoms. The summed E-state index contributed by atoms with van der Waals surface area (Å²) in [4.78, 5) is 19.5. The van der Waals surface area contributed by atoms with E-state index in [2.05, 4.69) is 40.7 Å². The second-order valence-corrected chi connectivity index (χ2v) is 4.01. The van der Waals surface area contributed by atoms with Crippen LogP contribution in [0.3, 0.4) is 0 Å². The van der Waals surface area contributed by atoms with E-state index in [-0.39, 0.29) is 0 Å². The van der Waals surface area contributed by atoms with Crippen LogP contribution in [0.4, 0.5) is 26.9 Å². The van der Waals surface area contributed by atoms with Gasteiger partial charge in [-0.05, 0) is 0 Å². The predicted octanol–water partition coefficient (Wildman–Crippen LogP) is -3.08. The van der Waals surface area contributed by atoms with Crippen molar-refractivity contribution in [3.8, 4) is 0 Å². The zero-order valence-corrected chi connectivity index (χ0v) is 13.3. The summed E-state index contributed by atoms with van der Waals surface area (Å²) in [6.45, 7) is 0. The van der Waals surface area contributed by atoms with E-state index in [1.807, 2.05) is 12.2 Å². The van der Waals surface area contributed by atoms with E-state index >= 15 is 0 Å². The van der Waals surface area contributed by atoms with Gasteiger partial charge in [-0.1, -0.05) is 0 Å². The van der Waals surface area contributed by atoms with Crippen LogP contribution in [0.2, 0.25) is 0 Å². The van der Waals surface area contributed by atoms with Gasteiger partial charge in [-0.3, -0.25) is 17.3 Å². The molecular formula is C7H5B4F4FeO10. The summed E-state index contributed by atoms with van der Waals surface area (Å²) in [6.07, 6.45) is 3.28. The minimum absolute atomic E-state index is 1.06. The third-order valence-corrected chi connectivity index (χ3v) is 1.88. The fourth-order valence-electron chi connectivity index (χ4n) is 0.774. The summed E-state index contributed by atoms with van der Waals surface area (Å²) in [5.41, 5.74) is 0. The molecular weight excluding hydrogens is 419 g/mol. The zero-order valence-electron chi connectivity index (χ0n) is 12.2. The molecule has 0 N–H and O–H groups in total. The molecule has 0 aromatic heterocycles. The Labute approximate surface area is 153 Å². The Kier molecular flexibility index (Phi) is 16.0. The second kappa shape index (κ2) is 15.6. The molecule has 1 aliphatic carbocycles. The Morgan fingerprint density at radius 3 is 1.27 bits per heavy atom. The van der Waals surface area contributed by atoms with Gasteiger partial charge in [0.2, 0.25) is 0 Å². The van der Waals surface area contributed by atoms with Gasteiger partial charge in [0.15, 0.2) is 0 Å². The number of allylic oxidation sites excluding steroid dienone is 4. The standard InChI is InChI=1S/C5H5.2CB2F2O5.Fe/c1-2-4-5-3-1;2*4-2(7)9-1(6)10-3(5)8;/h1-3H,4H2;;;/q;2*-2;+4. The molecule has 0 aromatic rings. The van der Waals surface area contributed by atoms with E-state index in [0.717, 1.165) is 6.42 Å². The number of hydrogen-bond donors (Lipinski definition) is 0. The van der Waals surface area contributed by atoms with Crippen molar-refractivity contribution in [3.63, 3.8) is 0 Å². The monoisotopic (exact) mass is 425 g/mol. The van der Waals surface area contributed by atoms with Crippen LogP contribution >= 0.6 is 0 Å². The van der Waals surface area contributed by atoms with Crippen molar-refractivity contribution in [3.05, 3.63) is 22.7 Å². The molecule has 0 aromatic carbocycles. The molecule has 141 valence electrons. The van der Waals surface area contributed by atoms with Gasteiger partial charge in [-0.25, -0.2) is 9.59 Å². The van der Waals surface area contributed by atoms with Crippen LogP contribution in [0.15, 0.2) is 22.7 Å². The number of carbonyl (C=O) groups excluding carboxylic acids is 2. The van der Waals surface area contributed by atoms with Crippen LogP contribution in [-0.2, 0) is 34.6 Å². The van der Waals surface area contributed by atoms with E-state index in [1.165, 1.54) is 4.47 Å². The third-order valence-electron chi connectivity index (χ3n) is 1.47. The summed E-state index contributed by atoms with van der Waals surface area (Å²) in [6, 6.07) is 0. The van der Waals surface area contributed by atoms with Gasteiger partial charge in [0.1, 0.15) is 0 Å². The van der Waals surface area contributed by atoms with Crippen LogP contribution < -0.4 is 20.1 Å². The molecule has 0 bridgehead atoms. The van der Waals surface area contributed by atoms with Gasteiger partial charge in [0, 0.05) is 0 Å². The molecule has 1 rings (SSSR count). The fourth-order valence-corrected chi connectivity index (χ4v) is 1.01. The molecule has 10 nitrogen and oxygen atoms in total. The van der Waals surface area contributed by atoms with Crippen molar-refractivity contribution >= 4 is 41.9 Å². The van der Waals surface area contributed by atoms with Gasteiger partial charge in [-0.15, -0.1) is 0 Å². The molecule has 0 unspecified atom stereocenters. The summed E-state index contributed by atoms with van der Waals surface area (Å²) in [7, 11) is -12.6. The quantitative estimate of drug-likeness (QED) is 0.334. The number of halogens is 4. The molecule has 0 fully saturated rings. The zero-order chi connectivity index (χ0) is 20.7. The molecule has 0 amide bonds. The van der Waals surface area contributed by atoms with E-state index in [1.54, 1.807) is 0 Å². The molecule has 26 heavy (non-hydrogen) atoms. The fraction of sp³-hybridized carbons (Fsp3) is 0.143. The van der Waals surface area contributed by atoms with Gasteiger partial charge in [0.25, 0.3) is 0 Å². The van der Waals surface area contributed by atoms with E-state index < -0.39 is 41.9 Å². The van der Waals surface area contributed by atoms with Crippen LogP contribution in [0.1, 0.15) is 6.42 Å². The Balaban J connectivity index is 0. The topological polar surface area (TPSA) is 163 Å². The van der Waals surface area contributed by atoms with Crippen molar-refractivity contribution < 1.29 is 81.6 Å². The maximum atomic E-state index is 11.1. The number of carbonyl (C=O) groups is 2. The molecule has 0 aliphatic heterocycles. The minimum atomic E-state index is -3.16. The van der Waals surface area contributed by atoms with E-state index in [9.17, 15) is 46.9 Å². The van der Waals surface area contributed by atoms with Gasteiger partial charge < -0.3 is 38.7 Å². The Hall–Kier alpha value is -1.64. The molecule has 0 saturated heterocycles. The second-order valence-electron chi connectivity index (χ2n) is 3.30. The van der Waals surface area contributed by atoms with E-state index in [0.29, 0.717) is 0 Å². The molecule has 1 aliphatic rings. The number of rotatable bonds is 4. The van der Waals surface area contributed by atoms with Crippen molar-refractivity contribution in [2.24, 2.45) is 0 Å². The molecule has 0 spiro atoms. The normalized spacial score (nSPS) is 10.7. The molecule has 0 atom stereocenters. The van der Waals surface area contributed by atoms with Crippen molar-refractivity contribution in [2.75, 3.05) is 0 Å². The summed E-state index contributed by atoms with van der Waals surface area (Å²) in [5.74, 6) is 0. The first kappa shape index (κ1) is 26.6. The molecule has 0 heterocycles. The summed E-state index contributed by atoms with van der Waals surface area (Å²) >= 11 is 3.74. The Morgan fingerprint density at radius 2 is 1.15 bits per heavy atom. The Morgan fingerprint density at radius 1 is 0.846 bits per heavy atom. The van der Waals surface area contributed by atoms with Crippen molar-refractivity contribution in [2.45, 2.75) is 6.42 Å². The van der Waals surface area contributed by atoms with Crippen LogP contribution in [0, 0.1) is 0 Å². The van der Waals surface area contributed by atoms with Gasteiger partial charge in [-0.2, -0.15) is 0 Å². The van der Waals surface area contributed by atoms with Crippen LogP contribution in [0.25, 0.3) is 0 Å². The molecule has 0 saturated carbocycles. The van der Waals surface area contributed by atoms with Crippen LogP contribution in [-0.4, -0.2) is 41.9 Å². The first-order valence-electron chi connectivity index (χ1n) is 5.88. The first-order valence-corrected chi connectivity index (χ1v) is 6.43. The summed E-state index contributed by atoms with van der Waals surface area (Å²) < 4.78 is 57.8. The number of hydrogen-bond acceptors (Lipinski definition) is 10. The average molecular weight is 424 g/mol. The van der Waals surface area contributed by atoms with Crippen molar-refractivity contribution in [1.82, 2.24) is 0 Å². The Bertz CT molecular complexity index is 428. The summed E-state index contributed by atoms with van der Waals surface area (Å²) in [5, 5.41) is 37.2. The SMILES string of the molecule is O=C(OB([O-])F)OB([O-])F.O=C(OB([O-])F)OB([O-])F.[Fe+4][C]1=CC=CC1. The maximum absolute atomic E-state index is 11.1. The van der Waals surface area contributed by atoms with Gasteiger partial charge >= 0.3 is 87.0 Å². The third kappa shape index (κ3) is 22.4. The first-order chi connectivity index (χ1) is 11.9. The van der Waals surface area contributed by atoms with Crippen molar-refractivity contribution in [1.29, 1.82) is 0 Å². The van der Waals surface area contributed by atoms with E-state index in [4.69, 9.17) is 0 Å². The van der Waals surface area contributed by atoms with Crippen LogP contribution in [0.5, 0.6) is 0 Å². The van der Waals surface area contributed by atoms with Gasteiger partial charge in [0.05, 0.1) is 0 Å². The molecule has 0 radical (unpaired) electrons.